The topological polar surface area (TPSA) is 170 Å². The smallest absolute Gasteiger partial charge is 0.187 e. The number of aromatic hydroxyl groups is 1. The molecule has 8 aliphatic heterocycles. The van der Waals surface area contributed by atoms with E-state index in [1.165, 1.54) is 5.56 Å². The average Bonchev–Trinajstić information content (AvgIpc) is 4.01. The van der Waals surface area contributed by atoms with Gasteiger partial charge >= 0.3 is 0 Å². The van der Waals surface area contributed by atoms with Gasteiger partial charge < -0.3 is 40.5 Å². The number of hydrogen-bond acceptors (Lipinski definition) is 13. The Morgan fingerprint density at radius 1 is 1.14 bits per heavy atom. The van der Waals surface area contributed by atoms with E-state index in [1.807, 2.05) is 31.3 Å². The van der Waals surface area contributed by atoms with Crippen molar-refractivity contribution < 1.29 is 34.7 Å². The second kappa shape index (κ2) is 16.1. The molecule has 11 aliphatic rings. The lowest BCUT2D eigenvalue weighted by Gasteiger charge is -2.49. The highest BCUT2D eigenvalue weighted by Gasteiger charge is 2.52. The molecule has 2 spiro atoms. The quantitative estimate of drug-likeness (QED) is 0.109. The molecule has 1 saturated carbocycles. The molecular weight excluding hydrogens is 833 g/mol. The minimum absolute atomic E-state index is 0.00506. The summed E-state index contributed by atoms with van der Waals surface area (Å²) in [5.41, 5.74) is 14.7. The number of Topliss-reactive ketones (excluding diaryl/α,β-unsaturated/α-hetero) is 1. The molecule has 13 heteroatoms. The highest BCUT2D eigenvalue weighted by Crippen LogP contribution is 2.57. The highest BCUT2D eigenvalue weighted by molar-refractivity contribution is 8.76. The molecule has 63 heavy (non-hydrogen) atoms. The van der Waals surface area contributed by atoms with E-state index in [-0.39, 0.29) is 54.2 Å². The van der Waals surface area contributed by atoms with E-state index in [9.17, 15) is 25.2 Å². The molecule has 10 bridgehead atoms. The van der Waals surface area contributed by atoms with Gasteiger partial charge in [-0.25, -0.2) is 0 Å². The van der Waals surface area contributed by atoms with Crippen LogP contribution in [0.4, 0.5) is 0 Å². The van der Waals surface area contributed by atoms with Gasteiger partial charge in [0.15, 0.2) is 17.7 Å². The number of aliphatic hydroxyl groups excluding tert-OH is 3. The van der Waals surface area contributed by atoms with Crippen LogP contribution in [0.2, 0.25) is 0 Å². The van der Waals surface area contributed by atoms with Gasteiger partial charge in [0.1, 0.15) is 23.7 Å². The predicted molar refractivity (Wildman–Crippen MR) is 244 cm³/mol. The lowest BCUT2D eigenvalue weighted by atomic mass is 9.61. The number of carbonyl (C=O) groups is 1. The summed E-state index contributed by atoms with van der Waals surface area (Å²) in [5.74, 6) is 11.5. The third kappa shape index (κ3) is 6.97. The number of phenols is 1. The van der Waals surface area contributed by atoms with Gasteiger partial charge in [-0.05, 0) is 72.3 Å². The van der Waals surface area contributed by atoms with Crippen LogP contribution in [0.15, 0.2) is 58.9 Å². The van der Waals surface area contributed by atoms with Crippen LogP contribution in [0.3, 0.4) is 0 Å². The first-order valence-electron chi connectivity index (χ1n) is 22.7. The highest BCUT2D eigenvalue weighted by atomic mass is 33.1. The van der Waals surface area contributed by atoms with Crippen LogP contribution in [0, 0.1) is 47.0 Å². The Bertz CT molecular complexity index is 2520. The third-order valence-corrected chi connectivity index (χ3v) is 17.9. The zero-order chi connectivity index (χ0) is 43.2. The number of nitrogens with two attached hydrogens (primary N) is 1. The Kier molecular flexibility index (Phi) is 10.6. The first kappa shape index (κ1) is 41.5. The molecule has 328 valence electrons. The van der Waals surface area contributed by atoms with Crippen LogP contribution in [0.25, 0.3) is 0 Å². The maximum Gasteiger partial charge on any atom is 0.187 e. The summed E-state index contributed by atoms with van der Waals surface area (Å²) in [6.45, 7) is 3.20. The number of carbonyl (C=O) groups excluding carboxylic acids is 1. The molecule has 2 aromatic rings. The molecule has 10 atom stereocenters. The van der Waals surface area contributed by atoms with Crippen molar-refractivity contribution in [3.8, 4) is 41.1 Å². The van der Waals surface area contributed by atoms with Crippen molar-refractivity contribution in [2.45, 2.75) is 119 Å². The number of nitrogens with one attached hydrogen (secondary N) is 1. The largest absolute Gasteiger partial charge is 0.508 e. The normalized spacial score (nSPS) is 33.2. The van der Waals surface area contributed by atoms with E-state index >= 15 is 0 Å². The van der Waals surface area contributed by atoms with E-state index in [0.29, 0.717) is 47.9 Å². The first-order chi connectivity index (χ1) is 30.5. The van der Waals surface area contributed by atoms with Gasteiger partial charge in [0.05, 0.1) is 42.0 Å². The summed E-state index contributed by atoms with van der Waals surface area (Å²) in [5, 5.41) is 49.8. The lowest BCUT2D eigenvalue weighted by Crippen LogP contribution is -2.52. The molecule has 0 saturated heterocycles. The molecule has 10 unspecified atom stereocenters. The standard InChI is InChI=1S/C50H54N4O7S2/c1-27-4-6-31(40(57)18-27)41(58)19-28(55)5-7-29-36-24-62-63-26-50-15-12-30-34-21-52-38-23-54(22-35(34)38)48-37(10-11-39(56)32-8-9-33(45(50)44(30)32)47(51)53-25-50)49(13-2-3-14-49)16-17-60-43(20-42(29)59)46(36)61-48/h4,6,8-9,20-22,27,30-31,37,39-41,47-48,53,56-59H,2-3,5,7,12-15,18-19,23-26,51H2,1H3. The van der Waals surface area contributed by atoms with Crippen molar-refractivity contribution in [1.29, 1.82) is 0 Å². The fraction of sp³-hybridized carbons (Fsp3) is 0.520. The number of aliphatic hydroxyl groups is 3. The molecular formula is C50H54N4O7S2. The summed E-state index contributed by atoms with van der Waals surface area (Å²) < 4.78 is 13.8. The molecule has 11 nitrogen and oxygen atoms in total. The number of benzene rings is 2. The predicted octanol–water partition coefficient (Wildman–Crippen LogP) is 6.31. The molecule has 7 N–H and O–H groups in total. The Morgan fingerprint density at radius 3 is 2.83 bits per heavy atom. The van der Waals surface area contributed by atoms with Gasteiger partial charge in [-0.3, -0.25) is 15.1 Å². The number of aliphatic imine (C=N–C) groups is 1. The number of phenolic OH excluding ortho intramolecular Hbond substituents is 1. The fourth-order valence-electron chi connectivity index (χ4n) is 12.1. The summed E-state index contributed by atoms with van der Waals surface area (Å²) >= 11 is 0. The first-order valence-corrected chi connectivity index (χ1v) is 25.2. The molecule has 0 aromatic heterocycles. The molecule has 1 fully saturated rings. The summed E-state index contributed by atoms with van der Waals surface area (Å²) in [7, 11) is 3.44. The number of nitrogens with zero attached hydrogens (tertiary/aromatic N) is 2. The SMILES string of the molecule is CC1C=CC(C(O)CC(=O)CCc2c(O)cc3c4c2CSSCC25CCC6C7=CN=C8CN(C=C78)C(O4)C(C#CC(O)c4ccc(c2c46)C(N)NC5)C2(C#CO3)CCCC2)C(O)C1. The van der Waals surface area contributed by atoms with Crippen LogP contribution >= 0.6 is 21.6 Å². The molecule has 3 aliphatic carbocycles. The van der Waals surface area contributed by atoms with Gasteiger partial charge in [-0.15, -0.1) is 0 Å². The zero-order valence-electron chi connectivity index (χ0n) is 35.4. The molecule has 13 rings (SSSR count). The van der Waals surface area contributed by atoms with Gasteiger partial charge in [-0.1, -0.05) is 83.4 Å². The van der Waals surface area contributed by atoms with E-state index in [0.717, 1.165) is 77.8 Å². The number of ether oxygens (including phenoxy) is 2. The Hall–Kier alpha value is -4.18. The van der Waals surface area contributed by atoms with E-state index in [2.05, 4.69) is 46.4 Å². The van der Waals surface area contributed by atoms with E-state index in [4.69, 9.17) is 20.2 Å². The summed E-state index contributed by atoms with van der Waals surface area (Å²) in [6, 6.07) is 5.69. The van der Waals surface area contributed by atoms with Crippen LogP contribution in [0.5, 0.6) is 17.2 Å². The average molecular weight is 887 g/mol. The van der Waals surface area contributed by atoms with Crippen molar-refractivity contribution in [1.82, 2.24) is 10.2 Å². The molecule has 2 aromatic carbocycles. The maximum absolute atomic E-state index is 13.7. The van der Waals surface area contributed by atoms with Crippen molar-refractivity contribution in [3.05, 3.63) is 87.3 Å². The van der Waals surface area contributed by atoms with Crippen molar-refractivity contribution >= 4 is 33.1 Å². The number of rotatable bonds is 6. The number of allylic oxidation sites excluding steroid dienone is 2. The number of hydrogen-bond donors (Lipinski definition) is 6. The van der Waals surface area contributed by atoms with Crippen molar-refractivity contribution in [2.24, 2.45) is 33.9 Å². The number of fused-ring (bicyclic) bond motifs is 2. The van der Waals surface area contributed by atoms with Crippen LogP contribution in [-0.2, 0) is 22.4 Å². The fourth-order valence-corrected chi connectivity index (χ4v) is 14.9. The van der Waals surface area contributed by atoms with Crippen LogP contribution in [-0.4, -0.2) is 74.1 Å². The van der Waals surface area contributed by atoms with Gasteiger partial charge in [-0.2, -0.15) is 0 Å². The summed E-state index contributed by atoms with van der Waals surface area (Å²) in [6.07, 6.45) is 13.3. The van der Waals surface area contributed by atoms with Crippen molar-refractivity contribution in [2.75, 3.05) is 18.8 Å². The minimum Gasteiger partial charge on any atom is -0.508 e. The van der Waals surface area contributed by atoms with E-state index in [1.54, 1.807) is 27.7 Å². The molecule has 0 amide bonds. The van der Waals surface area contributed by atoms with Gasteiger partial charge in [0.2, 0.25) is 0 Å². The van der Waals surface area contributed by atoms with E-state index < -0.39 is 41.8 Å². The summed E-state index contributed by atoms with van der Waals surface area (Å²) in [4.78, 5) is 20.9. The lowest BCUT2D eigenvalue weighted by molar-refractivity contribution is -0.122. The second-order valence-corrected chi connectivity index (χ2v) is 21.7. The molecule has 0 radical (unpaired) electrons. The Labute approximate surface area is 376 Å². The third-order valence-electron chi connectivity index (χ3n) is 15.5. The minimum atomic E-state index is -1.08. The van der Waals surface area contributed by atoms with Crippen molar-refractivity contribution in [3.63, 3.8) is 0 Å². The maximum atomic E-state index is 13.7. The van der Waals surface area contributed by atoms with Crippen LogP contribution < -0.4 is 20.5 Å². The zero-order valence-corrected chi connectivity index (χ0v) is 37.1. The van der Waals surface area contributed by atoms with Gasteiger partial charge in [0, 0.05) is 83.3 Å². The monoisotopic (exact) mass is 886 g/mol. The number of ketones is 1. The Balaban J connectivity index is 1.06. The van der Waals surface area contributed by atoms with Gasteiger partial charge in [0.25, 0.3) is 0 Å². The Morgan fingerprint density at radius 2 is 1.98 bits per heavy atom. The van der Waals surface area contributed by atoms with Crippen LogP contribution in [0.1, 0.15) is 116 Å². The second-order valence-electron chi connectivity index (χ2n) is 19.3. The molecule has 8 heterocycles.